The molecule has 0 bridgehead atoms. The number of ketones is 2. The van der Waals surface area contributed by atoms with Crippen LogP contribution in [-0.4, -0.2) is 37.5 Å². The van der Waals surface area contributed by atoms with Gasteiger partial charge in [0.05, 0.1) is 11.0 Å². The molecule has 0 saturated heterocycles. The molecule has 0 aliphatic heterocycles. The number of benzene rings is 2. The molecule has 3 rings (SSSR count). The molecule has 28 heavy (non-hydrogen) atoms. The van der Waals surface area contributed by atoms with Gasteiger partial charge in [0.15, 0.2) is 17.0 Å². The van der Waals surface area contributed by atoms with E-state index in [1.807, 2.05) is 4.57 Å². The van der Waals surface area contributed by atoms with E-state index in [1.165, 1.54) is 39.8 Å². The van der Waals surface area contributed by atoms with Crippen molar-refractivity contribution in [3.05, 3.63) is 57.7 Å². The summed E-state index contributed by atoms with van der Waals surface area (Å²) in [5.41, 5.74) is -1.69. The molecule has 0 aliphatic rings. The number of Topliss-reactive ketones (excluding diaryl/α,β-unsaturated/α-hetero) is 2. The fourth-order valence-corrected chi connectivity index (χ4v) is 3.28. The van der Waals surface area contributed by atoms with E-state index in [9.17, 15) is 24.6 Å². The highest BCUT2D eigenvalue weighted by Crippen LogP contribution is 2.23. The summed E-state index contributed by atoms with van der Waals surface area (Å²) in [4.78, 5) is 37.9. The zero-order chi connectivity index (χ0) is 21.0. The predicted molar refractivity (Wildman–Crippen MR) is 108 cm³/mol. The molecular weight excluding hydrogens is 358 g/mol. The minimum Gasteiger partial charge on any atom is -0.382 e. The first-order valence-corrected chi connectivity index (χ1v) is 8.93. The molecule has 2 aromatic carbocycles. The standard InChI is InChI=1S/C22H23NO5/c1-21(2,27)19(25)12-6-8-16-14(10-12)18(24)15-11-13(20(26)22(3,4)28)7-9-17(15)23(16)5/h6-11,27-28H,1-5H3. The van der Waals surface area contributed by atoms with E-state index in [2.05, 4.69) is 0 Å². The summed E-state index contributed by atoms with van der Waals surface area (Å²) in [6.07, 6.45) is 0. The van der Waals surface area contributed by atoms with Crippen molar-refractivity contribution in [1.29, 1.82) is 0 Å². The number of nitrogens with zero attached hydrogens (tertiary/aromatic N) is 1. The minimum absolute atomic E-state index is 0.236. The predicted octanol–water partition coefficient (Wildman–Crippen LogP) is 2.60. The maximum Gasteiger partial charge on any atom is 0.197 e. The van der Waals surface area contributed by atoms with E-state index in [4.69, 9.17) is 0 Å². The number of hydrogen-bond donors (Lipinski definition) is 2. The van der Waals surface area contributed by atoms with Crippen LogP contribution in [0.1, 0.15) is 48.4 Å². The highest BCUT2D eigenvalue weighted by Gasteiger charge is 2.27. The third-order valence-corrected chi connectivity index (χ3v) is 4.84. The molecule has 1 aromatic heterocycles. The number of aromatic nitrogens is 1. The highest BCUT2D eigenvalue weighted by atomic mass is 16.3. The number of pyridine rings is 1. The van der Waals surface area contributed by atoms with Gasteiger partial charge in [0, 0.05) is 28.9 Å². The fraction of sp³-hybridized carbons (Fsp3) is 0.318. The van der Waals surface area contributed by atoms with Gasteiger partial charge in [-0.15, -0.1) is 0 Å². The Morgan fingerprint density at radius 3 is 1.46 bits per heavy atom. The van der Waals surface area contributed by atoms with Crippen molar-refractivity contribution in [2.45, 2.75) is 38.9 Å². The van der Waals surface area contributed by atoms with Gasteiger partial charge in [0.1, 0.15) is 11.2 Å². The highest BCUT2D eigenvalue weighted by molar-refractivity contribution is 6.07. The Kier molecular flexibility index (Phi) is 4.52. The van der Waals surface area contributed by atoms with E-state index in [0.29, 0.717) is 21.8 Å². The Bertz CT molecular complexity index is 1100. The van der Waals surface area contributed by atoms with Gasteiger partial charge in [0.25, 0.3) is 0 Å². The van der Waals surface area contributed by atoms with Gasteiger partial charge < -0.3 is 14.8 Å². The van der Waals surface area contributed by atoms with Crippen LogP contribution in [0.2, 0.25) is 0 Å². The lowest BCUT2D eigenvalue weighted by atomic mass is 9.94. The van der Waals surface area contributed by atoms with Gasteiger partial charge in [-0.1, -0.05) is 0 Å². The molecule has 0 aliphatic carbocycles. The normalized spacial score (nSPS) is 12.5. The number of aryl methyl sites for hydroxylation is 1. The van der Waals surface area contributed by atoms with Crippen LogP contribution in [0.15, 0.2) is 41.2 Å². The van der Waals surface area contributed by atoms with Crippen molar-refractivity contribution in [1.82, 2.24) is 4.57 Å². The van der Waals surface area contributed by atoms with Gasteiger partial charge in [-0.25, -0.2) is 0 Å². The molecule has 1 heterocycles. The number of fused-ring (bicyclic) bond motifs is 2. The molecule has 0 fully saturated rings. The molecule has 0 radical (unpaired) electrons. The zero-order valence-electron chi connectivity index (χ0n) is 16.5. The van der Waals surface area contributed by atoms with Gasteiger partial charge in [-0.3, -0.25) is 14.4 Å². The summed E-state index contributed by atoms with van der Waals surface area (Å²) in [7, 11) is 1.79. The second-order valence-electron chi connectivity index (χ2n) is 8.13. The quantitative estimate of drug-likeness (QED) is 0.535. The molecule has 0 unspecified atom stereocenters. The average molecular weight is 381 g/mol. The summed E-state index contributed by atoms with van der Waals surface area (Å²) >= 11 is 0. The Hall–Kier alpha value is -2.83. The van der Waals surface area contributed by atoms with Crippen molar-refractivity contribution >= 4 is 33.4 Å². The van der Waals surface area contributed by atoms with Crippen LogP contribution in [0.4, 0.5) is 0 Å². The zero-order valence-corrected chi connectivity index (χ0v) is 16.5. The second-order valence-corrected chi connectivity index (χ2v) is 8.13. The van der Waals surface area contributed by atoms with E-state index < -0.39 is 22.8 Å². The monoisotopic (exact) mass is 381 g/mol. The van der Waals surface area contributed by atoms with Crippen molar-refractivity contribution in [2.75, 3.05) is 0 Å². The number of carbonyl (C=O) groups excluding carboxylic acids is 2. The Balaban J connectivity index is 2.32. The first-order chi connectivity index (χ1) is 12.8. The third kappa shape index (κ3) is 3.25. The molecule has 0 amide bonds. The summed E-state index contributed by atoms with van der Waals surface area (Å²) < 4.78 is 1.81. The van der Waals surface area contributed by atoms with E-state index in [1.54, 1.807) is 31.3 Å². The molecule has 3 aromatic rings. The molecule has 6 nitrogen and oxygen atoms in total. The van der Waals surface area contributed by atoms with Crippen LogP contribution in [-0.2, 0) is 7.05 Å². The smallest absolute Gasteiger partial charge is 0.197 e. The molecule has 146 valence electrons. The molecule has 6 heteroatoms. The Morgan fingerprint density at radius 2 is 1.14 bits per heavy atom. The van der Waals surface area contributed by atoms with Gasteiger partial charge in [-0.2, -0.15) is 0 Å². The third-order valence-electron chi connectivity index (χ3n) is 4.84. The number of rotatable bonds is 4. The van der Waals surface area contributed by atoms with Crippen molar-refractivity contribution in [2.24, 2.45) is 7.05 Å². The summed E-state index contributed by atoms with van der Waals surface area (Å²) in [5, 5.41) is 20.6. The lowest BCUT2D eigenvalue weighted by Gasteiger charge is -2.18. The van der Waals surface area contributed by atoms with Gasteiger partial charge in [0.2, 0.25) is 0 Å². The van der Waals surface area contributed by atoms with Crippen LogP contribution in [0.3, 0.4) is 0 Å². The second kappa shape index (κ2) is 6.36. The SMILES string of the molecule is Cn1c2ccc(C(=O)C(C)(C)O)cc2c(=O)c2cc(C(=O)C(C)(C)O)ccc21. The summed E-state index contributed by atoms with van der Waals surface area (Å²) in [5.74, 6) is -0.968. The van der Waals surface area contributed by atoms with Crippen LogP contribution in [0, 0.1) is 0 Å². The maximum atomic E-state index is 13.1. The summed E-state index contributed by atoms with van der Waals surface area (Å²) in [6.45, 7) is 5.58. The first kappa shape index (κ1) is 19.9. The molecule has 2 N–H and O–H groups in total. The van der Waals surface area contributed by atoms with Crippen molar-refractivity contribution in [3.63, 3.8) is 0 Å². The molecule has 0 atom stereocenters. The fourth-order valence-electron chi connectivity index (χ4n) is 3.28. The van der Waals surface area contributed by atoms with Crippen LogP contribution in [0.25, 0.3) is 21.8 Å². The van der Waals surface area contributed by atoms with Crippen molar-refractivity contribution in [3.8, 4) is 0 Å². The Morgan fingerprint density at radius 1 is 0.786 bits per heavy atom. The largest absolute Gasteiger partial charge is 0.382 e. The van der Waals surface area contributed by atoms with E-state index in [-0.39, 0.29) is 16.6 Å². The first-order valence-electron chi connectivity index (χ1n) is 8.93. The average Bonchev–Trinajstić information content (AvgIpc) is 2.62. The van der Waals surface area contributed by atoms with Gasteiger partial charge in [-0.05, 0) is 64.1 Å². The van der Waals surface area contributed by atoms with Crippen LogP contribution < -0.4 is 5.43 Å². The van der Waals surface area contributed by atoms with Gasteiger partial charge >= 0.3 is 0 Å². The topological polar surface area (TPSA) is 96.6 Å². The number of aliphatic hydroxyl groups is 2. The molecule has 0 saturated carbocycles. The number of carbonyl (C=O) groups is 2. The number of hydrogen-bond acceptors (Lipinski definition) is 5. The Labute approximate surface area is 162 Å². The van der Waals surface area contributed by atoms with E-state index in [0.717, 1.165) is 0 Å². The summed E-state index contributed by atoms with van der Waals surface area (Å²) in [6, 6.07) is 9.46. The lowest BCUT2D eigenvalue weighted by molar-refractivity contribution is 0.0487. The van der Waals surface area contributed by atoms with Crippen LogP contribution in [0.5, 0.6) is 0 Å². The van der Waals surface area contributed by atoms with Crippen molar-refractivity contribution < 1.29 is 19.8 Å². The maximum absolute atomic E-state index is 13.1. The lowest BCUT2D eigenvalue weighted by Crippen LogP contribution is -2.31. The minimum atomic E-state index is -1.55. The molecular formula is C22H23NO5. The van der Waals surface area contributed by atoms with Crippen LogP contribution >= 0.6 is 0 Å². The molecule has 0 spiro atoms. The van der Waals surface area contributed by atoms with E-state index >= 15 is 0 Å².